The van der Waals surface area contributed by atoms with Crippen LogP contribution in [0.2, 0.25) is 0 Å². The molecule has 0 fully saturated rings. The van der Waals surface area contributed by atoms with Gasteiger partial charge in [0.2, 0.25) is 0 Å². The first kappa shape index (κ1) is 13.5. The molecule has 1 N–H and O–H groups in total. The van der Waals surface area contributed by atoms with E-state index in [-0.39, 0.29) is 0 Å². The van der Waals surface area contributed by atoms with Gasteiger partial charge in [0.25, 0.3) is 0 Å². The highest BCUT2D eigenvalue weighted by atomic mass is 16.3. The van der Waals surface area contributed by atoms with Crippen molar-refractivity contribution in [3.05, 3.63) is 89.4 Å². The number of hydrogen-bond donors (Lipinski definition) is 1. The number of hydrogen-bond acceptors (Lipinski definition) is 2. The van der Waals surface area contributed by atoms with Crippen LogP contribution < -0.4 is 5.32 Å². The molecule has 0 atom stereocenters. The lowest BCUT2D eigenvalue weighted by atomic mass is 10.0. The summed E-state index contributed by atoms with van der Waals surface area (Å²) in [5.41, 5.74) is 3.78. The lowest BCUT2D eigenvalue weighted by Gasteiger charge is -2.11. The molecule has 0 amide bonds. The highest BCUT2D eigenvalue weighted by Crippen LogP contribution is 2.20. The van der Waals surface area contributed by atoms with E-state index in [0.29, 0.717) is 6.54 Å². The molecule has 0 saturated heterocycles. The van der Waals surface area contributed by atoms with Crippen LogP contribution in [0.5, 0.6) is 0 Å². The Balaban J connectivity index is 1.73. The van der Waals surface area contributed by atoms with E-state index in [4.69, 9.17) is 4.42 Å². The SMILES string of the molecule is Cc1ccc(CNc2ccccc2Cc2ccccc2)o1. The van der Waals surface area contributed by atoms with Crippen molar-refractivity contribution in [3.8, 4) is 0 Å². The standard InChI is InChI=1S/C19H19NO/c1-15-11-12-18(21-15)14-20-19-10-6-5-9-17(19)13-16-7-3-2-4-8-16/h2-12,20H,13-14H2,1H3. The molecule has 2 nitrogen and oxygen atoms in total. The van der Waals surface area contributed by atoms with Crippen molar-refractivity contribution in [2.75, 3.05) is 5.32 Å². The zero-order valence-electron chi connectivity index (χ0n) is 12.2. The first-order chi connectivity index (χ1) is 10.3. The molecule has 0 spiro atoms. The molecule has 0 bridgehead atoms. The molecule has 1 aromatic heterocycles. The molecule has 2 heteroatoms. The lowest BCUT2D eigenvalue weighted by molar-refractivity contribution is 0.490. The van der Waals surface area contributed by atoms with Gasteiger partial charge in [0, 0.05) is 5.69 Å². The quantitative estimate of drug-likeness (QED) is 0.725. The molecule has 0 unspecified atom stereocenters. The van der Waals surface area contributed by atoms with Crippen molar-refractivity contribution >= 4 is 5.69 Å². The maximum absolute atomic E-state index is 5.60. The minimum Gasteiger partial charge on any atom is -0.465 e. The molecule has 0 aliphatic rings. The van der Waals surface area contributed by atoms with Gasteiger partial charge >= 0.3 is 0 Å². The lowest BCUT2D eigenvalue weighted by Crippen LogP contribution is -2.02. The Bertz CT molecular complexity index is 700. The van der Waals surface area contributed by atoms with E-state index >= 15 is 0 Å². The highest BCUT2D eigenvalue weighted by Gasteiger charge is 2.04. The number of anilines is 1. The second-order valence-electron chi connectivity index (χ2n) is 5.19. The molecule has 2 aromatic carbocycles. The molecular weight excluding hydrogens is 258 g/mol. The second-order valence-corrected chi connectivity index (χ2v) is 5.19. The molecule has 0 aliphatic carbocycles. The van der Waals surface area contributed by atoms with Gasteiger partial charge in [-0.2, -0.15) is 0 Å². The van der Waals surface area contributed by atoms with Gasteiger partial charge in [-0.3, -0.25) is 0 Å². The molecule has 1 heterocycles. The summed E-state index contributed by atoms with van der Waals surface area (Å²) in [6, 6.07) is 23.0. The Kier molecular flexibility index (Phi) is 4.06. The first-order valence-electron chi connectivity index (χ1n) is 7.22. The summed E-state index contributed by atoms with van der Waals surface area (Å²) in [7, 11) is 0. The summed E-state index contributed by atoms with van der Waals surface area (Å²) < 4.78 is 5.60. The van der Waals surface area contributed by atoms with E-state index in [1.54, 1.807) is 0 Å². The van der Waals surface area contributed by atoms with E-state index < -0.39 is 0 Å². The number of rotatable bonds is 5. The summed E-state index contributed by atoms with van der Waals surface area (Å²) in [5.74, 6) is 1.91. The van der Waals surface area contributed by atoms with Crippen molar-refractivity contribution < 1.29 is 4.42 Å². The Labute approximate surface area is 125 Å². The minimum absolute atomic E-state index is 0.708. The second kappa shape index (κ2) is 6.31. The maximum Gasteiger partial charge on any atom is 0.123 e. The molecular formula is C19H19NO. The fourth-order valence-corrected chi connectivity index (χ4v) is 2.43. The smallest absolute Gasteiger partial charge is 0.123 e. The predicted octanol–water partition coefficient (Wildman–Crippen LogP) is 4.79. The fraction of sp³-hybridized carbons (Fsp3) is 0.158. The number of furan rings is 1. The van der Waals surface area contributed by atoms with Gasteiger partial charge in [-0.25, -0.2) is 0 Å². The van der Waals surface area contributed by atoms with E-state index in [1.165, 1.54) is 11.1 Å². The molecule has 3 aromatic rings. The van der Waals surface area contributed by atoms with Gasteiger partial charge in [0.1, 0.15) is 11.5 Å². The van der Waals surface area contributed by atoms with Crippen LogP contribution >= 0.6 is 0 Å². The van der Waals surface area contributed by atoms with Crippen LogP contribution in [0.3, 0.4) is 0 Å². The monoisotopic (exact) mass is 277 g/mol. The average Bonchev–Trinajstić information content (AvgIpc) is 2.93. The fourth-order valence-electron chi connectivity index (χ4n) is 2.43. The minimum atomic E-state index is 0.708. The third kappa shape index (κ3) is 3.54. The van der Waals surface area contributed by atoms with Crippen LogP contribution in [-0.2, 0) is 13.0 Å². The number of para-hydroxylation sites is 1. The average molecular weight is 277 g/mol. The third-order valence-electron chi connectivity index (χ3n) is 3.50. The number of aryl methyl sites for hydroxylation is 1. The van der Waals surface area contributed by atoms with Gasteiger partial charge in [0.15, 0.2) is 0 Å². The molecule has 0 radical (unpaired) electrons. The molecule has 0 aliphatic heterocycles. The molecule has 0 saturated carbocycles. The van der Waals surface area contributed by atoms with Gasteiger partial charge in [-0.05, 0) is 42.7 Å². The largest absolute Gasteiger partial charge is 0.465 e. The van der Waals surface area contributed by atoms with E-state index in [1.807, 2.05) is 25.1 Å². The predicted molar refractivity (Wildman–Crippen MR) is 86.5 cm³/mol. The number of benzene rings is 2. The maximum atomic E-state index is 5.60. The van der Waals surface area contributed by atoms with E-state index in [9.17, 15) is 0 Å². The Morgan fingerprint density at radius 1 is 0.857 bits per heavy atom. The topological polar surface area (TPSA) is 25.2 Å². The Hall–Kier alpha value is -2.48. The van der Waals surface area contributed by atoms with Crippen molar-refractivity contribution in [2.45, 2.75) is 19.9 Å². The summed E-state index contributed by atoms with van der Waals surface area (Å²) in [5, 5.41) is 3.47. The van der Waals surface area contributed by atoms with Crippen LogP contribution in [0.1, 0.15) is 22.6 Å². The van der Waals surface area contributed by atoms with Crippen LogP contribution in [-0.4, -0.2) is 0 Å². The summed E-state index contributed by atoms with van der Waals surface area (Å²) in [6.45, 7) is 2.67. The zero-order valence-corrected chi connectivity index (χ0v) is 12.2. The first-order valence-corrected chi connectivity index (χ1v) is 7.22. The summed E-state index contributed by atoms with van der Waals surface area (Å²) in [4.78, 5) is 0. The van der Waals surface area contributed by atoms with Crippen LogP contribution in [0.15, 0.2) is 71.1 Å². The summed E-state index contributed by atoms with van der Waals surface area (Å²) >= 11 is 0. The van der Waals surface area contributed by atoms with Gasteiger partial charge in [0.05, 0.1) is 6.54 Å². The van der Waals surface area contributed by atoms with Gasteiger partial charge in [-0.15, -0.1) is 0 Å². The highest BCUT2D eigenvalue weighted by molar-refractivity contribution is 5.52. The van der Waals surface area contributed by atoms with Crippen molar-refractivity contribution in [1.29, 1.82) is 0 Å². The Morgan fingerprint density at radius 3 is 2.38 bits per heavy atom. The normalized spacial score (nSPS) is 10.5. The number of nitrogens with one attached hydrogen (secondary N) is 1. The van der Waals surface area contributed by atoms with E-state index in [2.05, 4.69) is 53.8 Å². The molecule has 21 heavy (non-hydrogen) atoms. The zero-order chi connectivity index (χ0) is 14.5. The summed E-state index contributed by atoms with van der Waals surface area (Å²) in [6.07, 6.45) is 0.932. The van der Waals surface area contributed by atoms with Crippen LogP contribution in [0.25, 0.3) is 0 Å². The van der Waals surface area contributed by atoms with Crippen LogP contribution in [0, 0.1) is 6.92 Å². The van der Waals surface area contributed by atoms with Crippen LogP contribution in [0.4, 0.5) is 5.69 Å². The molecule has 3 rings (SSSR count). The van der Waals surface area contributed by atoms with Crippen molar-refractivity contribution in [2.24, 2.45) is 0 Å². The molecule has 106 valence electrons. The van der Waals surface area contributed by atoms with Gasteiger partial charge < -0.3 is 9.73 Å². The van der Waals surface area contributed by atoms with Crippen molar-refractivity contribution in [3.63, 3.8) is 0 Å². The third-order valence-corrected chi connectivity index (χ3v) is 3.50. The van der Waals surface area contributed by atoms with Crippen molar-refractivity contribution in [1.82, 2.24) is 0 Å². The Morgan fingerprint density at radius 2 is 1.62 bits per heavy atom. The van der Waals surface area contributed by atoms with E-state index in [0.717, 1.165) is 23.6 Å². The van der Waals surface area contributed by atoms with Gasteiger partial charge in [-0.1, -0.05) is 48.5 Å².